The summed E-state index contributed by atoms with van der Waals surface area (Å²) in [4.78, 5) is 51.6. The molecule has 8 nitrogen and oxygen atoms in total. The summed E-state index contributed by atoms with van der Waals surface area (Å²) in [6.07, 6.45) is 2.21. The maximum absolute atomic E-state index is 12.5. The summed E-state index contributed by atoms with van der Waals surface area (Å²) in [7, 11) is 1.59. The summed E-state index contributed by atoms with van der Waals surface area (Å²) in [5.41, 5.74) is 0.617. The number of likely N-dealkylation sites (tertiary alicyclic amines) is 1. The highest BCUT2D eigenvalue weighted by atomic mass is 32.1. The Kier molecular flexibility index (Phi) is 9.11. The number of likely N-dealkylation sites (N-methyl/N-ethyl adjacent to an activating group) is 1. The van der Waals surface area contributed by atoms with Gasteiger partial charge in [-0.3, -0.25) is 19.2 Å². The fraction of sp³-hybridized carbons (Fsp3) is 0.600. The SMILES string of the molecule is CCOC(=O)C1CCCN(C(=O)CN(C)C(=O)CCCNC(=O)c2ccsc2)C1. The van der Waals surface area contributed by atoms with Gasteiger partial charge in [0.05, 0.1) is 19.1 Å². The van der Waals surface area contributed by atoms with Crippen LogP contribution in [0.25, 0.3) is 0 Å². The lowest BCUT2D eigenvalue weighted by molar-refractivity contribution is -0.152. The van der Waals surface area contributed by atoms with Crippen LogP contribution in [0.2, 0.25) is 0 Å². The molecule has 0 radical (unpaired) electrons. The summed E-state index contributed by atoms with van der Waals surface area (Å²) >= 11 is 1.45. The molecule has 2 rings (SSSR count). The molecule has 29 heavy (non-hydrogen) atoms. The highest BCUT2D eigenvalue weighted by Crippen LogP contribution is 2.18. The van der Waals surface area contributed by atoms with Crippen molar-refractivity contribution in [3.63, 3.8) is 0 Å². The average molecular weight is 424 g/mol. The van der Waals surface area contributed by atoms with Gasteiger partial charge in [0.2, 0.25) is 11.8 Å². The molecule has 1 aromatic rings. The second-order valence-electron chi connectivity index (χ2n) is 7.05. The molecule has 0 aromatic carbocycles. The number of carbonyl (C=O) groups is 4. The minimum absolute atomic E-state index is 0.0182. The fourth-order valence-electron chi connectivity index (χ4n) is 3.18. The van der Waals surface area contributed by atoms with E-state index in [0.29, 0.717) is 44.6 Å². The zero-order chi connectivity index (χ0) is 21.2. The third-order valence-corrected chi connectivity index (χ3v) is 5.51. The summed E-state index contributed by atoms with van der Waals surface area (Å²) in [5, 5.41) is 6.38. The summed E-state index contributed by atoms with van der Waals surface area (Å²) < 4.78 is 5.05. The molecule has 1 fully saturated rings. The summed E-state index contributed by atoms with van der Waals surface area (Å²) in [6, 6.07) is 1.75. The molecule has 2 heterocycles. The Bertz CT molecular complexity index is 707. The van der Waals surface area contributed by atoms with E-state index in [0.717, 1.165) is 6.42 Å². The van der Waals surface area contributed by atoms with Crippen molar-refractivity contribution in [3.05, 3.63) is 22.4 Å². The lowest BCUT2D eigenvalue weighted by Crippen LogP contribution is -2.47. The molecule has 0 spiro atoms. The molecule has 1 aliphatic heterocycles. The van der Waals surface area contributed by atoms with E-state index in [1.807, 2.05) is 5.38 Å². The number of nitrogens with one attached hydrogen (secondary N) is 1. The summed E-state index contributed by atoms with van der Waals surface area (Å²) in [6.45, 7) is 3.40. The molecule has 0 saturated carbocycles. The number of esters is 1. The Labute approximate surface area is 175 Å². The number of thiophene rings is 1. The Morgan fingerprint density at radius 3 is 2.83 bits per heavy atom. The van der Waals surface area contributed by atoms with E-state index in [4.69, 9.17) is 4.74 Å². The third-order valence-electron chi connectivity index (χ3n) is 4.83. The first-order valence-electron chi connectivity index (χ1n) is 9.91. The molecule has 1 aromatic heterocycles. The highest BCUT2D eigenvalue weighted by molar-refractivity contribution is 7.08. The Morgan fingerprint density at radius 2 is 2.14 bits per heavy atom. The quantitative estimate of drug-likeness (QED) is 0.480. The van der Waals surface area contributed by atoms with E-state index in [2.05, 4.69) is 5.32 Å². The molecule has 160 valence electrons. The van der Waals surface area contributed by atoms with Gasteiger partial charge in [-0.15, -0.1) is 0 Å². The Hall–Kier alpha value is -2.42. The topological polar surface area (TPSA) is 96.0 Å². The van der Waals surface area contributed by atoms with Gasteiger partial charge in [0.25, 0.3) is 5.91 Å². The van der Waals surface area contributed by atoms with Crippen LogP contribution in [-0.4, -0.2) is 73.3 Å². The van der Waals surface area contributed by atoms with Gasteiger partial charge in [-0.05, 0) is 37.6 Å². The van der Waals surface area contributed by atoms with Crippen molar-refractivity contribution < 1.29 is 23.9 Å². The molecular weight excluding hydrogens is 394 g/mol. The first kappa shape index (κ1) is 22.9. The minimum atomic E-state index is -0.291. The highest BCUT2D eigenvalue weighted by Gasteiger charge is 2.30. The van der Waals surface area contributed by atoms with Crippen molar-refractivity contribution in [1.29, 1.82) is 0 Å². The average Bonchev–Trinajstić information content (AvgIpc) is 3.26. The molecule has 3 amide bonds. The van der Waals surface area contributed by atoms with Crippen LogP contribution in [0.4, 0.5) is 0 Å². The van der Waals surface area contributed by atoms with Crippen LogP contribution in [0.3, 0.4) is 0 Å². The van der Waals surface area contributed by atoms with Gasteiger partial charge >= 0.3 is 5.97 Å². The van der Waals surface area contributed by atoms with Gasteiger partial charge in [0, 0.05) is 44.0 Å². The lowest BCUT2D eigenvalue weighted by Gasteiger charge is -2.32. The second-order valence-corrected chi connectivity index (χ2v) is 7.83. The van der Waals surface area contributed by atoms with E-state index in [9.17, 15) is 19.2 Å². The smallest absolute Gasteiger partial charge is 0.310 e. The van der Waals surface area contributed by atoms with Gasteiger partial charge in [0.15, 0.2) is 0 Å². The zero-order valence-electron chi connectivity index (χ0n) is 17.0. The molecule has 1 saturated heterocycles. The summed E-state index contributed by atoms with van der Waals surface area (Å²) in [5.74, 6) is -1.02. The van der Waals surface area contributed by atoms with E-state index in [1.165, 1.54) is 16.2 Å². The number of carbonyl (C=O) groups excluding carboxylic acids is 4. The van der Waals surface area contributed by atoms with Gasteiger partial charge in [0.1, 0.15) is 0 Å². The van der Waals surface area contributed by atoms with Crippen LogP contribution in [0, 0.1) is 5.92 Å². The largest absolute Gasteiger partial charge is 0.466 e. The molecule has 1 aliphatic rings. The Balaban J connectivity index is 1.69. The Morgan fingerprint density at radius 1 is 1.34 bits per heavy atom. The maximum Gasteiger partial charge on any atom is 0.310 e. The third kappa shape index (κ3) is 7.16. The molecule has 0 aliphatic carbocycles. The van der Waals surface area contributed by atoms with Gasteiger partial charge in [-0.1, -0.05) is 0 Å². The van der Waals surface area contributed by atoms with E-state index in [-0.39, 0.29) is 42.6 Å². The van der Waals surface area contributed by atoms with Gasteiger partial charge in [-0.25, -0.2) is 0 Å². The van der Waals surface area contributed by atoms with Gasteiger partial charge < -0.3 is 19.9 Å². The number of ether oxygens (including phenoxy) is 1. The zero-order valence-corrected chi connectivity index (χ0v) is 17.8. The first-order chi connectivity index (χ1) is 13.9. The predicted octanol–water partition coefficient (Wildman–Crippen LogP) is 1.52. The number of rotatable bonds is 9. The molecule has 1 unspecified atom stereocenters. The van der Waals surface area contributed by atoms with Crippen molar-refractivity contribution in [1.82, 2.24) is 15.1 Å². The number of hydrogen-bond donors (Lipinski definition) is 1. The van der Waals surface area contributed by atoms with Crippen molar-refractivity contribution in [2.75, 3.05) is 39.8 Å². The minimum Gasteiger partial charge on any atom is -0.466 e. The van der Waals surface area contributed by atoms with Crippen molar-refractivity contribution in [3.8, 4) is 0 Å². The number of piperidine rings is 1. The van der Waals surface area contributed by atoms with Crippen LogP contribution in [-0.2, 0) is 19.1 Å². The van der Waals surface area contributed by atoms with Crippen molar-refractivity contribution >= 4 is 35.0 Å². The number of amides is 3. The molecule has 9 heteroatoms. The monoisotopic (exact) mass is 423 g/mol. The number of hydrogen-bond acceptors (Lipinski definition) is 6. The fourth-order valence-corrected chi connectivity index (χ4v) is 3.81. The lowest BCUT2D eigenvalue weighted by atomic mass is 9.98. The van der Waals surface area contributed by atoms with Crippen LogP contribution in [0.15, 0.2) is 16.8 Å². The van der Waals surface area contributed by atoms with Crippen LogP contribution < -0.4 is 5.32 Å². The van der Waals surface area contributed by atoms with Crippen LogP contribution in [0.1, 0.15) is 43.0 Å². The van der Waals surface area contributed by atoms with E-state index >= 15 is 0 Å². The molecule has 0 bridgehead atoms. The normalized spacial score (nSPS) is 16.2. The van der Waals surface area contributed by atoms with E-state index in [1.54, 1.807) is 30.3 Å². The molecule has 1 atom stereocenters. The first-order valence-corrected chi connectivity index (χ1v) is 10.9. The molecular formula is C20H29N3O5S. The number of nitrogens with zero attached hydrogens (tertiary/aromatic N) is 2. The van der Waals surface area contributed by atoms with Crippen LogP contribution >= 0.6 is 11.3 Å². The van der Waals surface area contributed by atoms with Crippen molar-refractivity contribution in [2.45, 2.75) is 32.6 Å². The van der Waals surface area contributed by atoms with Crippen LogP contribution in [0.5, 0.6) is 0 Å². The van der Waals surface area contributed by atoms with E-state index < -0.39 is 0 Å². The van der Waals surface area contributed by atoms with Crippen molar-refractivity contribution in [2.24, 2.45) is 5.92 Å². The second kappa shape index (κ2) is 11.5. The molecule has 1 N–H and O–H groups in total. The van der Waals surface area contributed by atoms with Gasteiger partial charge in [-0.2, -0.15) is 11.3 Å². The maximum atomic E-state index is 12.5. The predicted molar refractivity (Wildman–Crippen MR) is 109 cm³/mol. The standard InChI is InChI=1S/C20H29N3O5S/c1-3-28-20(27)15-6-5-10-23(12-15)18(25)13-22(2)17(24)7-4-9-21-19(26)16-8-11-29-14-16/h8,11,14-15H,3-7,9-10,12-13H2,1-2H3,(H,21,26).